The quantitative estimate of drug-likeness (QED) is 0.0715. The molecule has 3 N–H and O–H groups in total. The first kappa shape index (κ1) is 42.4. The second-order valence-corrected chi connectivity index (χ2v) is 15.6. The first-order valence-corrected chi connectivity index (χ1v) is 20.0. The Morgan fingerprint density at radius 1 is 0.684 bits per heavy atom. The van der Waals surface area contributed by atoms with Gasteiger partial charge in [-0.1, -0.05) is 122 Å². The zero-order valence-corrected chi connectivity index (χ0v) is 33.4. The molecule has 0 aromatic heterocycles. The van der Waals surface area contributed by atoms with Crippen molar-refractivity contribution in [1.82, 2.24) is 20.9 Å². The third-order valence-corrected chi connectivity index (χ3v) is 10.2. The van der Waals surface area contributed by atoms with Crippen molar-refractivity contribution in [3.63, 3.8) is 0 Å². The third-order valence-electron chi connectivity index (χ3n) is 10.2. The Bertz CT molecular complexity index is 1890. The van der Waals surface area contributed by atoms with Gasteiger partial charge in [-0.15, -0.1) is 0 Å². The van der Waals surface area contributed by atoms with Gasteiger partial charge >= 0.3 is 6.09 Å². The summed E-state index contributed by atoms with van der Waals surface area (Å²) in [6.45, 7) is 6.54. The lowest BCUT2D eigenvalue weighted by molar-refractivity contribution is -0.141. The molecule has 1 heterocycles. The largest absolute Gasteiger partial charge is 0.444 e. The molecule has 300 valence electrons. The lowest BCUT2D eigenvalue weighted by Crippen LogP contribution is -2.52. The van der Waals surface area contributed by atoms with Crippen molar-refractivity contribution in [3.8, 4) is 0 Å². The number of carbonyl (C=O) groups excluding carboxylic acids is 5. The van der Waals surface area contributed by atoms with Crippen LogP contribution in [0.2, 0.25) is 0 Å². The summed E-state index contributed by atoms with van der Waals surface area (Å²) in [6, 6.07) is 36.3. The maximum atomic E-state index is 13.7. The zero-order valence-electron chi connectivity index (χ0n) is 33.4. The molecule has 57 heavy (non-hydrogen) atoms. The van der Waals surface area contributed by atoms with Crippen molar-refractivity contribution in [1.29, 1.82) is 0 Å². The number of unbranched alkanes of at least 4 members (excludes halogenated alkanes) is 1. The molecule has 0 saturated heterocycles. The van der Waals surface area contributed by atoms with E-state index in [1.54, 1.807) is 37.8 Å². The van der Waals surface area contributed by atoms with Crippen LogP contribution in [0, 0.1) is 5.92 Å². The van der Waals surface area contributed by atoms with Gasteiger partial charge in [0.2, 0.25) is 17.7 Å². The van der Waals surface area contributed by atoms with Crippen LogP contribution < -0.4 is 16.0 Å². The molecule has 0 fully saturated rings. The zero-order chi connectivity index (χ0) is 40.6. The fraction of sp³-hybridized carbons (Fsp3) is 0.383. The van der Waals surface area contributed by atoms with E-state index in [9.17, 15) is 24.0 Å². The van der Waals surface area contributed by atoms with Crippen molar-refractivity contribution in [3.05, 3.63) is 143 Å². The Hall–Kier alpha value is -5.77. The van der Waals surface area contributed by atoms with Crippen molar-refractivity contribution in [2.24, 2.45) is 5.92 Å². The average molecular weight is 773 g/mol. The predicted molar refractivity (Wildman–Crippen MR) is 221 cm³/mol. The fourth-order valence-electron chi connectivity index (χ4n) is 7.17. The molecule has 10 heteroatoms. The van der Waals surface area contributed by atoms with Crippen molar-refractivity contribution in [2.45, 2.75) is 89.8 Å². The molecule has 4 aromatic rings. The molecule has 0 unspecified atom stereocenters. The smallest absolute Gasteiger partial charge is 0.407 e. The van der Waals surface area contributed by atoms with Gasteiger partial charge in [0.05, 0.1) is 5.92 Å². The first-order chi connectivity index (χ1) is 27.5. The lowest BCUT2D eigenvalue weighted by atomic mass is 9.91. The highest BCUT2D eigenvalue weighted by Gasteiger charge is 2.34. The number of Topliss-reactive ketones (excluding diaryl/α,β-unsaturated/α-hetero) is 1. The van der Waals surface area contributed by atoms with Gasteiger partial charge in [-0.25, -0.2) is 4.79 Å². The van der Waals surface area contributed by atoms with Crippen LogP contribution in [0.1, 0.15) is 97.8 Å². The van der Waals surface area contributed by atoms with Crippen LogP contribution in [0.3, 0.4) is 0 Å². The average Bonchev–Trinajstić information content (AvgIpc) is 3.21. The van der Waals surface area contributed by atoms with Gasteiger partial charge in [-0.2, -0.15) is 0 Å². The maximum absolute atomic E-state index is 13.7. The summed E-state index contributed by atoms with van der Waals surface area (Å²) in [5.74, 6) is -1.15. The van der Waals surface area contributed by atoms with Crippen LogP contribution in [0.4, 0.5) is 4.79 Å². The van der Waals surface area contributed by atoms with Gasteiger partial charge in [-0.3, -0.25) is 19.2 Å². The number of amides is 4. The van der Waals surface area contributed by atoms with Crippen LogP contribution in [-0.2, 0) is 32.1 Å². The van der Waals surface area contributed by atoms with Crippen molar-refractivity contribution < 1.29 is 28.7 Å². The Kier molecular flexibility index (Phi) is 15.6. The Balaban J connectivity index is 1.16. The van der Waals surface area contributed by atoms with E-state index < -0.39 is 23.7 Å². The summed E-state index contributed by atoms with van der Waals surface area (Å²) < 4.78 is 5.43. The number of hydrogen-bond donors (Lipinski definition) is 3. The fourth-order valence-corrected chi connectivity index (χ4v) is 7.17. The van der Waals surface area contributed by atoms with E-state index in [0.717, 1.165) is 22.3 Å². The Morgan fingerprint density at radius 3 is 1.91 bits per heavy atom. The predicted octanol–water partition coefficient (Wildman–Crippen LogP) is 7.37. The van der Waals surface area contributed by atoms with Gasteiger partial charge in [0, 0.05) is 56.9 Å². The van der Waals surface area contributed by atoms with Crippen LogP contribution in [0.25, 0.3) is 0 Å². The Labute approximate surface area is 336 Å². The monoisotopic (exact) mass is 772 g/mol. The van der Waals surface area contributed by atoms with E-state index >= 15 is 0 Å². The highest BCUT2D eigenvalue weighted by atomic mass is 16.6. The van der Waals surface area contributed by atoms with E-state index in [0.29, 0.717) is 57.3 Å². The molecule has 1 aliphatic heterocycles. The number of ketones is 1. The van der Waals surface area contributed by atoms with E-state index in [4.69, 9.17) is 4.74 Å². The number of rotatable bonds is 18. The van der Waals surface area contributed by atoms with Crippen molar-refractivity contribution >= 4 is 29.6 Å². The third kappa shape index (κ3) is 13.2. The molecule has 0 aliphatic carbocycles. The highest BCUT2D eigenvalue weighted by molar-refractivity contribution is 5.96. The molecule has 10 nitrogen and oxygen atoms in total. The normalized spacial score (nSPS) is 14.2. The van der Waals surface area contributed by atoms with Gasteiger partial charge in [-0.05, 0) is 62.3 Å². The molecular weight excluding hydrogens is 717 g/mol. The van der Waals surface area contributed by atoms with E-state index in [1.807, 2.05) is 78.9 Å². The minimum absolute atomic E-state index is 0.00871. The number of ether oxygens (including phenoxy) is 1. The number of carbonyl (C=O) groups is 5. The van der Waals surface area contributed by atoms with Gasteiger partial charge in [0.1, 0.15) is 11.6 Å². The van der Waals surface area contributed by atoms with E-state index in [-0.39, 0.29) is 48.8 Å². The van der Waals surface area contributed by atoms with Crippen LogP contribution in [-0.4, -0.2) is 65.8 Å². The minimum atomic E-state index is -0.680. The number of hydrogen-bond acceptors (Lipinski definition) is 6. The van der Waals surface area contributed by atoms with E-state index in [1.165, 1.54) is 0 Å². The van der Waals surface area contributed by atoms with Crippen molar-refractivity contribution in [2.75, 3.05) is 19.6 Å². The summed E-state index contributed by atoms with van der Waals surface area (Å²) in [6.07, 6.45) is 2.32. The van der Waals surface area contributed by atoms with Crippen LogP contribution >= 0.6 is 0 Å². The number of nitrogens with one attached hydrogen (secondary N) is 3. The van der Waals surface area contributed by atoms with Gasteiger partial charge in [0.25, 0.3) is 0 Å². The molecule has 2 atom stereocenters. The first-order valence-electron chi connectivity index (χ1n) is 20.0. The topological polar surface area (TPSA) is 134 Å². The minimum Gasteiger partial charge on any atom is -0.444 e. The Morgan fingerprint density at radius 2 is 1.28 bits per heavy atom. The van der Waals surface area contributed by atoms with Gasteiger partial charge in [0.15, 0.2) is 5.78 Å². The molecule has 4 amide bonds. The summed E-state index contributed by atoms with van der Waals surface area (Å²) >= 11 is 0. The number of alkyl carbamates (subject to hydrolysis) is 1. The second kappa shape index (κ2) is 20.9. The SMILES string of the molecule is CC(C)(C)OC(=O)NC[C@@H](CCCCNC(=O)[C@@H]1Cc2ccccc2CN1C(=O)CCCC(=O)c1ccccc1)C(=O)NCC(c1ccccc1)c1ccccc1. The van der Waals surface area contributed by atoms with Gasteiger partial charge < -0.3 is 25.6 Å². The summed E-state index contributed by atoms with van der Waals surface area (Å²) in [4.78, 5) is 67.8. The number of fused-ring (bicyclic) bond motifs is 1. The van der Waals surface area contributed by atoms with Crippen LogP contribution in [0.5, 0.6) is 0 Å². The molecule has 0 saturated carbocycles. The second-order valence-electron chi connectivity index (χ2n) is 15.6. The molecular formula is C47H56N4O6. The van der Waals surface area contributed by atoms with E-state index in [2.05, 4.69) is 40.2 Å². The highest BCUT2D eigenvalue weighted by Crippen LogP contribution is 2.26. The maximum Gasteiger partial charge on any atom is 0.407 e. The number of benzene rings is 4. The molecule has 5 rings (SSSR count). The van der Waals surface area contributed by atoms with Crippen LogP contribution in [0.15, 0.2) is 115 Å². The molecule has 1 aliphatic rings. The summed E-state index contributed by atoms with van der Waals surface area (Å²) in [7, 11) is 0. The molecule has 4 aromatic carbocycles. The molecule has 0 bridgehead atoms. The standard InChI is InChI=1S/C47H56N4O6/c1-47(2,3)57-46(56)50-31-38(44(54)49-32-40(34-18-7-4-8-19-34)35-20-9-5-10-21-35)25-15-16-29-48-45(55)41-30-37-24-13-14-26-39(37)33-51(41)43(53)28-17-27-42(52)36-22-11-6-12-23-36/h4-14,18-24,26,38,40-41H,15-17,25,27-33H2,1-3H3,(H,48,55)(H,49,54)(H,50,56)/t38-,41+/m1/s1. The summed E-state index contributed by atoms with van der Waals surface area (Å²) in [5.41, 5.74) is 4.17. The molecule has 0 radical (unpaired) electrons. The molecule has 0 spiro atoms. The summed E-state index contributed by atoms with van der Waals surface area (Å²) in [5, 5.41) is 8.97. The number of nitrogens with zero attached hydrogens (tertiary/aromatic N) is 1. The lowest BCUT2D eigenvalue weighted by Gasteiger charge is -2.36.